The Balaban J connectivity index is 1.62. The van der Waals surface area contributed by atoms with E-state index in [1.165, 1.54) is 0 Å². The van der Waals surface area contributed by atoms with Gasteiger partial charge in [0.2, 0.25) is 10.0 Å². The lowest BCUT2D eigenvalue weighted by Crippen LogP contribution is -2.37. The quantitative estimate of drug-likeness (QED) is 0.873. The van der Waals surface area contributed by atoms with E-state index in [1.54, 1.807) is 12.1 Å². The Morgan fingerprint density at radius 1 is 1.29 bits per heavy atom. The van der Waals surface area contributed by atoms with Gasteiger partial charge in [-0.15, -0.1) is 0 Å². The third-order valence-corrected chi connectivity index (χ3v) is 5.96. The summed E-state index contributed by atoms with van der Waals surface area (Å²) >= 11 is 5.89. The number of benzene rings is 1. The highest BCUT2D eigenvalue weighted by Crippen LogP contribution is 2.46. The van der Waals surface area contributed by atoms with E-state index in [2.05, 4.69) is 4.72 Å². The Morgan fingerprint density at radius 2 is 2.00 bits per heavy atom. The van der Waals surface area contributed by atoms with Crippen LogP contribution in [0.15, 0.2) is 24.3 Å². The lowest BCUT2D eigenvalue weighted by atomic mass is 10.1. The molecule has 0 radical (unpaired) electrons. The molecule has 1 aliphatic carbocycles. The van der Waals surface area contributed by atoms with Crippen LogP contribution in [-0.4, -0.2) is 26.9 Å². The topological polar surface area (TPSA) is 55.4 Å². The summed E-state index contributed by atoms with van der Waals surface area (Å²) in [4.78, 5) is 0. The first kappa shape index (κ1) is 15.3. The first-order chi connectivity index (χ1) is 9.99. The lowest BCUT2D eigenvalue weighted by molar-refractivity contribution is 0.108. The van der Waals surface area contributed by atoms with Gasteiger partial charge < -0.3 is 4.74 Å². The van der Waals surface area contributed by atoms with Gasteiger partial charge in [-0.2, -0.15) is 0 Å². The van der Waals surface area contributed by atoms with Gasteiger partial charge in [-0.3, -0.25) is 0 Å². The van der Waals surface area contributed by atoms with Crippen molar-refractivity contribution in [1.82, 2.24) is 4.72 Å². The van der Waals surface area contributed by atoms with Gasteiger partial charge in [0.1, 0.15) is 0 Å². The number of rotatable bonds is 6. The fraction of sp³-hybridized carbons (Fsp3) is 0.600. The van der Waals surface area contributed by atoms with Crippen LogP contribution in [0.1, 0.15) is 37.7 Å². The van der Waals surface area contributed by atoms with Crippen LogP contribution in [-0.2, 0) is 20.3 Å². The molecule has 1 saturated carbocycles. The molecule has 1 N–H and O–H groups in total. The molecule has 1 saturated heterocycles. The van der Waals surface area contributed by atoms with Gasteiger partial charge in [0.05, 0.1) is 17.4 Å². The molecule has 4 nitrogen and oxygen atoms in total. The van der Waals surface area contributed by atoms with Crippen LogP contribution >= 0.6 is 11.6 Å². The number of hydrogen-bond donors (Lipinski definition) is 1. The lowest BCUT2D eigenvalue weighted by Gasteiger charge is -2.19. The fourth-order valence-corrected chi connectivity index (χ4v) is 4.57. The summed E-state index contributed by atoms with van der Waals surface area (Å²) in [6, 6.07) is 7.41. The van der Waals surface area contributed by atoms with Gasteiger partial charge in [0.15, 0.2) is 0 Å². The van der Waals surface area contributed by atoms with Crippen molar-refractivity contribution in [1.29, 1.82) is 0 Å². The molecule has 21 heavy (non-hydrogen) atoms. The minimum absolute atomic E-state index is 0.104. The van der Waals surface area contributed by atoms with Gasteiger partial charge in [0, 0.05) is 11.6 Å². The predicted octanol–water partition coefficient (Wildman–Crippen LogP) is 2.82. The Hall–Kier alpha value is -0.620. The second-order valence-corrected chi connectivity index (χ2v) is 8.21. The van der Waals surface area contributed by atoms with Gasteiger partial charge >= 0.3 is 0 Å². The molecule has 2 fully saturated rings. The summed E-state index contributed by atoms with van der Waals surface area (Å²) in [5.74, 6) is 0.132. The van der Waals surface area contributed by atoms with E-state index < -0.39 is 15.6 Å². The van der Waals surface area contributed by atoms with Crippen molar-refractivity contribution in [2.24, 2.45) is 0 Å². The van der Waals surface area contributed by atoms with E-state index in [0.29, 0.717) is 11.4 Å². The molecule has 1 atom stereocenters. The first-order valence-electron chi connectivity index (χ1n) is 7.38. The Labute approximate surface area is 130 Å². The average molecular weight is 330 g/mol. The van der Waals surface area contributed by atoms with Crippen molar-refractivity contribution in [3.05, 3.63) is 34.9 Å². The van der Waals surface area contributed by atoms with Crippen LogP contribution in [0.3, 0.4) is 0 Å². The predicted molar refractivity (Wildman–Crippen MR) is 82.9 cm³/mol. The first-order valence-corrected chi connectivity index (χ1v) is 9.41. The molecule has 0 amide bonds. The number of hydrogen-bond acceptors (Lipinski definition) is 3. The van der Waals surface area contributed by atoms with Crippen molar-refractivity contribution in [3.63, 3.8) is 0 Å². The molecule has 0 bridgehead atoms. The number of sulfonamides is 1. The van der Waals surface area contributed by atoms with Crippen molar-refractivity contribution < 1.29 is 13.2 Å². The second kappa shape index (κ2) is 5.88. The molecular weight excluding hydrogens is 310 g/mol. The van der Waals surface area contributed by atoms with Crippen LogP contribution in [0.4, 0.5) is 0 Å². The Morgan fingerprint density at radius 3 is 2.57 bits per heavy atom. The molecule has 1 aliphatic heterocycles. The zero-order valence-electron chi connectivity index (χ0n) is 11.8. The van der Waals surface area contributed by atoms with E-state index in [0.717, 1.165) is 37.9 Å². The highest BCUT2D eigenvalue weighted by Gasteiger charge is 2.47. The summed E-state index contributed by atoms with van der Waals surface area (Å²) in [6.45, 7) is 0.757. The monoisotopic (exact) mass is 329 g/mol. The van der Waals surface area contributed by atoms with E-state index in [-0.39, 0.29) is 11.9 Å². The molecule has 116 valence electrons. The minimum atomic E-state index is -3.29. The maximum Gasteiger partial charge on any atom is 0.212 e. The van der Waals surface area contributed by atoms with Crippen molar-refractivity contribution in [2.45, 2.75) is 43.7 Å². The molecule has 6 heteroatoms. The zero-order valence-corrected chi connectivity index (χ0v) is 13.4. The smallest absolute Gasteiger partial charge is 0.212 e. The summed E-state index contributed by atoms with van der Waals surface area (Å²) in [5.41, 5.74) is 0.576. The molecule has 0 spiro atoms. The summed E-state index contributed by atoms with van der Waals surface area (Å²) in [5, 5.41) is 0.663. The zero-order chi connectivity index (χ0) is 14.9. The SMILES string of the molecule is O=S(=O)(CCC1CCCO1)NC1(c2ccc(Cl)cc2)CC1. The molecule has 1 aromatic carbocycles. The summed E-state index contributed by atoms with van der Waals surface area (Å²) in [6.07, 6.45) is 4.37. The van der Waals surface area contributed by atoms with E-state index in [9.17, 15) is 8.42 Å². The molecule has 0 aromatic heterocycles. The van der Waals surface area contributed by atoms with Gasteiger partial charge in [-0.25, -0.2) is 13.1 Å². The number of halogens is 1. The van der Waals surface area contributed by atoms with Gasteiger partial charge in [-0.1, -0.05) is 23.7 Å². The average Bonchev–Trinajstić information content (AvgIpc) is 3.02. The molecule has 1 aromatic rings. The maximum atomic E-state index is 12.3. The van der Waals surface area contributed by atoms with E-state index >= 15 is 0 Å². The summed E-state index contributed by atoms with van der Waals surface area (Å²) < 4.78 is 32.9. The van der Waals surface area contributed by atoms with Crippen LogP contribution in [0.2, 0.25) is 5.02 Å². The highest BCUT2D eigenvalue weighted by molar-refractivity contribution is 7.89. The van der Waals surface area contributed by atoms with Gasteiger partial charge in [0.25, 0.3) is 0 Å². The van der Waals surface area contributed by atoms with Crippen molar-refractivity contribution in [3.8, 4) is 0 Å². The Bertz CT molecular complexity index is 590. The van der Waals surface area contributed by atoms with Crippen LogP contribution in [0.5, 0.6) is 0 Å². The maximum absolute atomic E-state index is 12.3. The molecule has 1 unspecified atom stereocenters. The van der Waals surface area contributed by atoms with Crippen LogP contribution in [0.25, 0.3) is 0 Å². The van der Waals surface area contributed by atoms with Gasteiger partial charge in [-0.05, 0) is 49.8 Å². The third kappa shape index (κ3) is 3.77. The van der Waals surface area contributed by atoms with Crippen molar-refractivity contribution in [2.75, 3.05) is 12.4 Å². The standard InChI is InChI=1S/C15H20ClNO3S/c16-13-5-3-12(4-6-13)15(8-9-15)17-21(18,19)11-7-14-2-1-10-20-14/h3-6,14,17H,1-2,7-11H2. The minimum Gasteiger partial charge on any atom is -0.378 e. The molecule has 1 heterocycles. The summed E-state index contributed by atoms with van der Waals surface area (Å²) in [7, 11) is -3.29. The molecule has 2 aliphatic rings. The molecule has 3 rings (SSSR count). The van der Waals surface area contributed by atoms with Crippen LogP contribution < -0.4 is 4.72 Å². The third-order valence-electron chi connectivity index (χ3n) is 4.23. The Kier molecular flexibility index (Phi) is 4.28. The van der Waals surface area contributed by atoms with Crippen LogP contribution in [0, 0.1) is 0 Å². The van der Waals surface area contributed by atoms with E-state index in [1.807, 2.05) is 12.1 Å². The second-order valence-electron chi connectivity index (χ2n) is 5.93. The molecular formula is C15H20ClNO3S. The number of nitrogens with one attached hydrogen (secondary N) is 1. The van der Waals surface area contributed by atoms with E-state index in [4.69, 9.17) is 16.3 Å². The normalized spacial score (nSPS) is 24.1. The number of ether oxygens (including phenoxy) is 1. The highest BCUT2D eigenvalue weighted by atomic mass is 35.5. The van der Waals surface area contributed by atoms with Crippen molar-refractivity contribution >= 4 is 21.6 Å². The largest absolute Gasteiger partial charge is 0.378 e. The fourth-order valence-electron chi connectivity index (χ4n) is 2.85.